The van der Waals surface area contributed by atoms with Gasteiger partial charge in [0.1, 0.15) is 0 Å². The molecule has 0 spiro atoms. The van der Waals surface area contributed by atoms with Crippen LogP contribution in [0.3, 0.4) is 0 Å². The summed E-state index contributed by atoms with van der Waals surface area (Å²) in [5.74, 6) is -0.780. The van der Waals surface area contributed by atoms with Crippen molar-refractivity contribution in [1.82, 2.24) is 0 Å². The largest absolute Gasteiger partial charge is 0.726 e. The molecule has 0 amide bonds. The van der Waals surface area contributed by atoms with Gasteiger partial charge in [0, 0.05) is 6.42 Å². The van der Waals surface area contributed by atoms with Crippen molar-refractivity contribution in [3.05, 3.63) is 0 Å². The minimum Gasteiger partial charge on any atom is -0.726 e. The Bertz CT molecular complexity index is 338. The van der Waals surface area contributed by atoms with E-state index in [0.29, 0.717) is 19.3 Å². The molecule has 0 aromatic rings. The number of unbranched alkanes of at least 4 members (excludes halogenated alkanes) is 4. The Labute approximate surface area is 115 Å². The molecule has 0 aliphatic carbocycles. The van der Waals surface area contributed by atoms with Crippen molar-refractivity contribution in [3.8, 4) is 0 Å². The van der Waals surface area contributed by atoms with E-state index in [2.05, 4.69) is 4.18 Å². The topological polar surface area (TPSA) is 104 Å². The predicted octanol–water partition coefficient (Wildman–Crippen LogP) is 2.45. The molecule has 0 fully saturated rings. The molecule has 1 unspecified atom stereocenters. The molecular formula is C12H23O6S-. The monoisotopic (exact) mass is 295 g/mol. The number of carbonyl (C=O) groups is 1. The maximum Gasteiger partial charge on any atom is 0.303 e. The van der Waals surface area contributed by atoms with Crippen LogP contribution in [0.2, 0.25) is 0 Å². The Kier molecular flexibility index (Phi) is 9.81. The van der Waals surface area contributed by atoms with Crippen molar-refractivity contribution in [1.29, 1.82) is 0 Å². The first-order chi connectivity index (χ1) is 8.85. The maximum absolute atomic E-state index is 10.5. The van der Waals surface area contributed by atoms with Gasteiger partial charge < -0.3 is 9.66 Å². The molecule has 0 saturated carbocycles. The first-order valence-corrected chi connectivity index (χ1v) is 8.04. The highest BCUT2D eigenvalue weighted by molar-refractivity contribution is 7.80. The Balaban J connectivity index is 3.67. The van der Waals surface area contributed by atoms with Crippen LogP contribution in [0.25, 0.3) is 0 Å². The Morgan fingerprint density at radius 3 is 2.26 bits per heavy atom. The highest BCUT2D eigenvalue weighted by Crippen LogP contribution is 2.15. The zero-order valence-electron chi connectivity index (χ0n) is 11.3. The summed E-state index contributed by atoms with van der Waals surface area (Å²) in [5, 5.41) is 8.45. The summed E-state index contributed by atoms with van der Waals surface area (Å²) < 4.78 is 36.0. The SMILES string of the molecule is CCCC(CCCCCCCC(=O)O)OS(=O)(=O)[O-]. The van der Waals surface area contributed by atoms with Crippen LogP contribution in [0.4, 0.5) is 0 Å². The fraction of sp³-hybridized carbons (Fsp3) is 0.917. The van der Waals surface area contributed by atoms with Gasteiger partial charge in [0.15, 0.2) is 0 Å². The molecule has 0 rings (SSSR count). The van der Waals surface area contributed by atoms with E-state index in [0.717, 1.165) is 32.1 Å². The third kappa shape index (κ3) is 13.6. The molecule has 19 heavy (non-hydrogen) atoms. The molecule has 114 valence electrons. The van der Waals surface area contributed by atoms with Gasteiger partial charge in [0.05, 0.1) is 6.10 Å². The zero-order chi connectivity index (χ0) is 14.7. The molecule has 0 radical (unpaired) electrons. The normalized spacial score (nSPS) is 13.4. The molecule has 0 aromatic carbocycles. The van der Waals surface area contributed by atoms with Gasteiger partial charge in [0.2, 0.25) is 10.4 Å². The maximum atomic E-state index is 10.5. The van der Waals surface area contributed by atoms with Gasteiger partial charge in [0.25, 0.3) is 0 Å². The minimum absolute atomic E-state index is 0.190. The van der Waals surface area contributed by atoms with Gasteiger partial charge in [-0.25, -0.2) is 8.42 Å². The zero-order valence-corrected chi connectivity index (χ0v) is 12.2. The van der Waals surface area contributed by atoms with Crippen molar-refractivity contribution in [2.24, 2.45) is 0 Å². The van der Waals surface area contributed by atoms with Crippen molar-refractivity contribution in [3.63, 3.8) is 0 Å². The molecule has 0 saturated heterocycles. The van der Waals surface area contributed by atoms with Crippen LogP contribution in [-0.2, 0) is 19.4 Å². The Morgan fingerprint density at radius 2 is 1.74 bits per heavy atom. The lowest BCUT2D eigenvalue weighted by Crippen LogP contribution is -2.17. The lowest BCUT2D eigenvalue weighted by atomic mass is 10.0. The third-order valence-electron chi connectivity index (χ3n) is 2.78. The van der Waals surface area contributed by atoms with Crippen LogP contribution in [0.5, 0.6) is 0 Å². The van der Waals surface area contributed by atoms with Gasteiger partial charge in [-0.2, -0.15) is 0 Å². The quantitative estimate of drug-likeness (QED) is 0.337. The number of carboxylic acids is 1. The summed E-state index contributed by atoms with van der Waals surface area (Å²) in [4.78, 5) is 10.3. The van der Waals surface area contributed by atoms with Gasteiger partial charge in [-0.3, -0.25) is 8.98 Å². The summed E-state index contributed by atoms with van der Waals surface area (Å²) in [6.45, 7) is 1.90. The first-order valence-electron chi connectivity index (χ1n) is 6.71. The summed E-state index contributed by atoms with van der Waals surface area (Å²) in [6.07, 6.45) is 5.64. The second-order valence-corrected chi connectivity index (χ2v) is 5.62. The predicted molar refractivity (Wildman–Crippen MR) is 69.4 cm³/mol. The third-order valence-corrected chi connectivity index (χ3v) is 3.29. The summed E-state index contributed by atoms with van der Waals surface area (Å²) in [7, 11) is -4.62. The molecular weight excluding hydrogens is 272 g/mol. The minimum atomic E-state index is -4.62. The van der Waals surface area contributed by atoms with Crippen LogP contribution in [-0.4, -0.2) is 30.2 Å². The number of hydrogen-bond acceptors (Lipinski definition) is 5. The van der Waals surface area contributed by atoms with E-state index in [4.69, 9.17) is 5.11 Å². The van der Waals surface area contributed by atoms with Crippen molar-refractivity contribution in [2.45, 2.75) is 70.8 Å². The van der Waals surface area contributed by atoms with Gasteiger partial charge in [-0.15, -0.1) is 0 Å². The fourth-order valence-electron chi connectivity index (χ4n) is 1.91. The molecule has 0 aliphatic heterocycles. The first kappa shape index (κ1) is 18.3. The van der Waals surface area contributed by atoms with Crippen molar-refractivity contribution in [2.75, 3.05) is 0 Å². The van der Waals surface area contributed by atoms with E-state index >= 15 is 0 Å². The number of aliphatic carboxylic acids is 1. The molecule has 6 nitrogen and oxygen atoms in total. The Hall–Kier alpha value is -0.660. The van der Waals surface area contributed by atoms with E-state index < -0.39 is 22.5 Å². The van der Waals surface area contributed by atoms with Crippen molar-refractivity contribution >= 4 is 16.4 Å². The van der Waals surface area contributed by atoms with Gasteiger partial charge in [-0.05, 0) is 19.3 Å². The highest BCUT2D eigenvalue weighted by Gasteiger charge is 2.11. The molecule has 1 N–H and O–H groups in total. The fourth-order valence-corrected chi connectivity index (χ4v) is 2.43. The van der Waals surface area contributed by atoms with E-state index in [9.17, 15) is 17.8 Å². The standard InChI is InChI=1S/C12H24O6S/c1-2-8-11(18-19(15,16)17)9-6-4-3-5-7-10-12(13)14/h11H,2-10H2,1H3,(H,13,14)(H,15,16,17)/p-1. The number of hydrogen-bond donors (Lipinski definition) is 1. The molecule has 0 bridgehead atoms. The van der Waals surface area contributed by atoms with Crippen molar-refractivity contribution < 1.29 is 27.1 Å². The molecule has 0 heterocycles. The molecule has 7 heteroatoms. The Morgan fingerprint density at radius 1 is 1.16 bits per heavy atom. The summed E-state index contributed by atoms with van der Waals surface area (Å²) in [5.41, 5.74) is 0. The van der Waals surface area contributed by atoms with E-state index in [-0.39, 0.29) is 6.42 Å². The number of carboxylic acid groups (broad SMARTS) is 1. The number of rotatable bonds is 12. The van der Waals surface area contributed by atoms with Gasteiger partial charge in [-0.1, -0.05) is 39.0 Å². The smallest absolute Gasteiger partial charge is 0.303 e. The van der Waals surface area contributed by atoms with E-state index in [1.807, 2.05) is 6.92 Å². The average Bonchev–Trinajstić information content (AvgIpc) is 2.25. The van der Waals surface area contributed by atoms with E-state index in [1.165, 1.54) is 0 Å². The molecule has 1 atom stereocenters. The lowest BCUT2D eigenvalue weighted by Gasteiger charge is -2.18. The van der Waals surface area contributed by atoms with Crippen LogP contribution < -0.4 is 0 Å². The highest BCUT2D eigenvalue weighted by atomic mass is 32.3. The molecule has 0 aromatic heterocycles. The van der Waals surface area contributed by atoms with Crippen LogP contribution in [0.1, 0.15) is 64.7 Å². The van der Waals surface area contributed by atoms with Gasteiger partial charge >= 0.3 is 5.97 Å². The lowest BCUT2D eigenvalue weighted by molar-refractivity contribution is -0.137. The van der Waals surface area contributed by atoms with Crippen LogP contribution in [0.15, 0.2) is 0 Å². The summed E-state index contributed by atoms with van der Waals surface area (Å²) in [6, 6.07) is 0. The second kappa shape index (κ2) is 10.2. The summed E-state index contributed by atoms with van der Waals surface area (Å²) >= 11 is 0. The van der Waals surface area contributed by atoms with Crippen LogP contribution in [0, 0.1) is 0 Å². The average molecular weight is 295 g/mol. The van der Waals surface area contributed by atoms with Crippen LogP contribution >= 0.6 is 0 Å². The second-order valence-electron chi connectivity index (χ2n) is 4.62. The van der Waals surface area contributed by atoms with E-state index in [1.54, 1.807) is 0 Å². The molecule has 0 aliphatic rings.